The third kappa shape index (κ3) is 5.10. The van der Waals surface area contributed by atoms with E-state index in [4.69, 9.17) is 4.74 Å². The number of nitrogens with one attached hydrogen (secondary N) is 1. The second-order valence-electron chi connectivity index (χ2n) is 9.70. The Morgan fingerprint density at radius 1 is 1.18 bits per heavy atom. The van der Waals surface area contributed by atoms with E-state index in [1.54, 1.807) is 16.8 Å². The number of aromatic carboxylic acids is 1. The number of hydrogen-bond acceptors (Lipinski definition) is 7. The summed E-state index contributed by atoms with van der Waals surface area (Å²) in [4.78, 5) is 29.6. The van der Waals surface area contributed by atoms with Gasteiger partial charge < -0.3 is 19.7 Å². The third-order valence-electron chi connectivity index (χ3n) is 7.22. The standard InChI is InChI=1S/C27H27F3N6O3/c1-14-19(39-3)11-12-31-20(14)25-35-23-21(36(25)13-16-7-9-18(10-8-16)27(28,29)30)22(33-24(34-23)26(37)38)32-15(2)17-5-4-6-17/h7-12,15,17H,4-6,13H2,1-3H3,(H,37,38)(H,32,33,34)/t15-/m1/s1. The Labute approximate surface area is 222 Å². The number of ether oxygens (including phenoxy) is 1. The van der Waals surface area contributed by atoms with E-state index < -0.39 is 23.5 Å². The summed E-state index contributed by atoms with van der Waals surface area (Å²) in [6.45, 7) is 3.95. The number of carboxylic acid groups (broad SMARTS) is 1. The molecule has 39 heavy (non-hydrogen) atoms. The van der Waals surface area contributed by atoms with Crippen LogP contribution in [0.1, 0.15) is 53.5 Å². The number of anilines is 1. The SMILES string of the molecule is COc1ccnc(-c2nc3nc(C(=O)O)nc(N[C@H](C)C4CCC4)c3n2Cc2ccc(C(F)(F)F)cc2)c1C. The summed E-state index contributed by atoms with van der Waals surface area (Å²) < 4.78 is 46.7. The average Bonchev–Trinajstić information content (AvgIpc) is 3.21. The fourth-order valence-electron chi connectivity index (χ4n) is 4.79. The highest BCUT2D eigenvalue weighted by Gasteiger charge is 2.31. The van der Waals surface area contributed by atoms with E-state index in [9.17, 15) is 23.1 Å². The van der Waals surface area contributed by atoms with Crippen molar-refractivity contribution in [1.82, 2.24) is 24.5 Å². The van der Waals surface area contributed by atoms with Crippen LogP contribution < -0.4 is 10.1 Å². The summed E-state index contributed by atoms with van der Waals surface area (Å²) in [5, 5.41) is 13.1. The summed E-state index contributed by atoms with van der Waals surface area (Å²) in [6, 6.07) is 6.58. The van der Waals surface area contributed by atoms with E-state index in [1.165, 1.54) is 19.2 Å². The topological polar surface area (TPSA) is 115 Å². The van der Waals surface area contributed by atoms with Gasteiger partial charge in [0.25, 0.3) is 0 Å². The Balaban J connectivity index is 1.71. The van der Waals surface area contributed by atoms with E-state index in [2.05, 4.69) is 25.3 Å². The van der Waals surface area contributed by atoms with Crippen molar-refractivity contribution in [3.63, 3.8) is 0 Å². The molecule has 0 spiro atoms. The summed E-state index contributed by atoms with van der Waals surface area (Å²) >= 11 is 0. The maximum atomic E-state index is 13.2. The fourth-order valence-corrected chi connectivity index (χ4v) is 4.79. The molecule has 3 heterocycles. The van der Waals surface area contributed by atoms with Gasteiger partial charge in [-0.25, -0.2) is 19.7 Å². The summed E-state index contributed by atoms with van der Waals surface area (Å²) in [5.74, 6) is -0.0723. The lowest BCUT2D eigenvalue weighted by atomic mass is 9.80. The number of aromatic nitrogens is 5. The summed E-state index contributed by atoms with van der Waals surface area (Å²) in [6.07, 6.45) is 0.347. The van der Waals surface area contributed by atoms with Crippen LogP contribution in [0.15, 0.2) is 36.5 Å². The van der Waals surface area contributed by atoms with Gasteiger partial charge in [-0.15, -0.1) is 0 Å². The van der Waals surface area contributed by atoms with Gasteiger partial charge in [-0.1, -0.05) is 18.6 Å². The number of rotatable bonds is 8. The van der Waals surface area contributed by atoms with Gasteiger partial charge in [0, 0.05) is 24.3 Å². The number of hydrogen-bond donors (Lipinski definition) is 2. The molecule has 4 aromatic rings. The summed E-state index contributed by atoms with van der Waals surface area (Å²) in [7, 11) is 1.53. The lowest BCUT2D eigenvalue weighted by Gasteiger charge is -2.32. The smallest absolute Gasteiger partial charge is 0.416 e. The van der Waals surface area contributed by atoms with E-state index in [-0.39, 0.29) is 18.2 Å². The van der Waals surface area contributed by atoms with Crippen LogP contribution in [0.5, 0.6) is 5.75 Å². The van der Waals surface area contributed by atoms with Crippen LogP contribution in [0.4, 0.5) is 19.0 Å². The lowest BCUT2D eigenvalue weighted by Crippen LogP contribution is -2.31. The second kappa shape index (κ2) is 10.2. The monoisotopic (exact) mass is 540 g/mol. The van der Waals surface area contributed by atoms with Crippen molar-refractivity contribution in [2.75, 3.05) is 12.4 Å². The quantitative estimate of drug-likeness (QED) is 0.298. The number of pyridine rings is 1. The molecule has 0 saturated heterocycles. The first-order chi connectivity index (χ1) is 18.6. The Morgan fingerprint density at radius 2 is 1.90 bits per heavy atom. The molecule has 1 fully saturated rings. The normalized spacial score (nSPS) is 14.7. The van der Waals surface area contributed by atoms with Gasteiger partial charge >= 0.3 is 12.1 Å². The molecule has 0 radical (unpaired) electrons. The fraction of sp³-hybridized carbons (Fsp3) is 0.370. The number of alkyl halides is 3. The largest absolute Gasteiger partial charge is 0.496 e. The van der Waals surface area contributed by atoms with Crippen molar-refractivity contribution in [3.8, 4) is 17.3 Å². The van der Waals surface area contributed by atoms with Gasteiger partial charge in [-0.2, -0.15) is 13.2 Å². The van der Waals surface area contributed by atoms with Crippen LogP contribution in [-0.4, -0.2) is 48.7 Å². The minimum Gasteiger partial charge on any atom is -0.496 e. The molecule has 0 unspecified atom stereocenters. The van der Waals surface area contributed by atoms with E-state index in [1.807, 2.05) is 13.8 Å². The number of fused-ring (bicyclic) bond motifs is 1. The molecule has 1 atom stereocenters. The number of nitrogens with zero attached hydrogens (tertiary/aromatic N) is 5. The Morgan fingerprint density at radius 3 is 2.49 bits per heavy atom. The minimum absolute atomic E-state index is 0.00745. The molecule has 3 aromatic heterocycles. The summed E-state index contributed by atoms with van der Waals surface area (Å²) in [5.41, 5.74) is 1.55. The highest BCUT2D eigenvalue weighted by molar-refractivity contribution is 5.92. The molecule has 204 valence electrons. The van der Waals surface area contributed by atoms with Crippen molar-refractivity contribution in [1.29, 1.82) is 0 Å². The zero-order valence-corrected chi connectivity index (χ0v) is 21.6. The lowest BCUT2D eigenvalue weighted by molar-refractivity contribution is -0.137. The van der Waals surface area contributed by atoms with Crippen molar-refractivity contribution in [2.24, 2.45) is 5.92 Å². The molecule has 1 aromatic carbocycles. The molecule has 0 aliphatic heterocycles. The highest BCUT2D eigenvalue weighted by atomic mass is 19.4. The van der Waals surface area contributed by atoms with Gasteiger partial charge in [0.2, 0.25) is 5.82 Å². The third-order valence-corrected chi connectivity index (χ3v) is 7.22. The van der Waals surface area contributed by atoms with Crippen LogP contribution in [0.2, 0.25) is 0 Å². The second-order valence-corrected chi connectivity index (χ2v) is 9.70. The molecule has 5 rings (SSSR count). The maximum Gasteiger partial charge on any atom is 0.416 e. The Hall–Kier alpha value is -4.22. The predicted molar refractivity (Wildman–Crippen MR) is 138 cm³/mol. The number of methoxy groups -OCH3 is 1. The van der Waals surface area contributed by atoms with Crippen LogP contribution in [0.25, 0.3) is 22.7 Å². The maximum absolute atomic E-state index is 13.2. The highest BCUT2D eigenvalue weighted by Crippen LogP contribution is 2.35. The molecule has 0 amide bonds. The van der Waals surface area contributed by atoms with Crippen molar-refractivity contribution in [2.45, 2.75) is 51.9 Å². The molecule has 12 heteroatoms. The average molecular weight is 541 g/mol. The minimum atomic E-state index is -4.46. The van der Waals surface area contributed by atoms with Gasteiger partial charge in [0.05, 0.1) is 12.7 Å². The molecule has 1 aliphatic rings. The molecule has 1 saturated carbocycles. The molecular weight excluding hydrogens is 513 g/mol. The van der Waals surface area contributed by atoms with Crippen LogP contribution in [0, 0.1) is 12.8 Å². The molecular formula is C27H27F3N6O3. The van der Waals surface area contributed by atoms with Gasteiger partial charge in [0.1, 0.15) is 17.0 Å². The molecule has 9 nitrogen and oxygen atoms in total. The van der Waals surface area contributed by atoms with Crippen LogP contribution in [0.3, 0.4) is 0 Å². The van der Waals surface area contributed by atoms with E-state index >= 15 is 0 Å². The first-order valence-electron chi connectivity index (χ1n) is 12.5. The van der Waals surface area contributed by atoms with Crippen LogP contribution in [-0.2, 0) is 12.7 Å². The number of carboxylic acids is 1. The zero-order chi connectivity index (χ0) is 27.9. The Kier molecular flexibility index (Phi) is 6.87. The molecule has 1 aliphatic carbocycles. The van der Waals surface area contributed by atoms with Crippen molar-refractivity contribution in [3.05, 3.63) is 59.0 Å². The Bertz CT molecular complexity index is 1530. The van der Waals surface area contributed by atoms with Crippen molar-refractivity contribution < 1.29 is 27.8 Å². The number of imidazole rings is 1. The zero-order valence-electron chi connectivity index (χ0n) is 21.6. The van der Waals surface area contributed by atoms with Gasteiger partial charge in [-0.05, 0) is 56.4 Å². The predicted octanol–water partition coefficient (Wildman–Crippen LogP) is 5.57. The number of benzene rings is 1. The first-order valence-corrected chi connectivity index (χ1v) is 12.5. The van der Waals surface area contributed by atoms with Crippen molar-refractivity contribution >= 4 is 23.0 Å². The first kappa shape index (κ1) is 26.4. The van der Waals surface area contributed by atoms with Crippen LogP contribution >= 0.6 is 0 Å². The number of halogens is 3. The van der Waals surface area contributed by atoms with Gasteiger partial charge in [-0.3, -0.25) is 4.98 Å². The van der Waals surface area contributed by atoms with Gasteiger partial charge in [0.15, 0.2) is 17.3 Å². The van der Waals surface area contributed by atoms with E-state index in [0.717, 1.165) is 31.4 Å². The van der Waals surface area contributed by atoms with E-state index in [0.29, 0.717) is 45.6 Å². The number of carbonyl (C=O) groups is 1. The molecule has 0 bridgehead atoms. The molecule has 2 N–H and O–H groups in total.